The van der Waals surface area contributed by atoms with Crippen LogP contribution in [0.15, 0.2) is 12.3 Å². The fraction of sp³-hybridized carbons (Fsp3) is 0.500. The second-order valence-corrected chi connectivity index (χ2v) is 6.70. The van der Waals surface area contributed by atoms with Crippen molar-refractivity contribution in [3.8, 4) is 0 Å². The monoisotopic (exact) mass is 375 g/mol. The van der Waals surface area contributed by atoms with Crippen molar-refractivity contribution < 1.29 is 19.1 Å². The van der Waals surface area contributed by atoms with E-state index in [-0.39, 0.29) is 24.4 Å². The average molecular weight is 375 g/mol. The Morgan fingerprint density at radius 3 is 2.48 bits per heavy atom. The van der Waals surface area contributed by atoms with Crippen molar-refractivity contribution in [1.82, 2.24) is 25.4 Å². The summed E-state index contributed by atoms with van der Waals surface area (Å²) >= 11 is 0. The lowest BCUT2D eigenvalue weighted by Gasteiger charge is -2.12. The third-order valence-corrected chi connectivity index (χ3v) is 3.95. The molecule has 0 unspecified atom stereocenters. The molecule has 2 aromatic heterocycles. The third kappa shape index (κ3) is 4.81. The molecule has 146 valence electrons. The van der Waals surface area contributed by atoms with Gasteiger partial charge in [0.1, 0.15) is 0 Å². The van der Waals surface area contributed by atoms with Gasteiger partial charge in [-0.1, -0.05) is 13.8 Å². The van der Waals surface area contributed by atoms with Gasteiger partial charge in [-0.15, -0.1) is 0 Å². The number of aromatic nitrogens is 3. The highest BCUT2D eigenvalue weighted by Gasteiger charge is 2.20. The standard InChI is InChI=1S/C18H25N5O4/c1-10(2)14-6-12(13-7-21-23(11(3)4)17(13)22-14)18(26)27-9-16(25)20-8-15(24)19-5/h6-7,10-11H,8-9H2,1-5H3,(H,19,24)(H,20,25). The van der Waals surface area contributed by atoms with E-state index < -0.39 is 18.5 Å². The molecule has 0 bridgehead atoms. The molecule has 2 N–H and O–H groups in total. The van der Waals surface area contributed by atoms with Crippen LogP contribution in [0.2, 0.25) is 0 Å². The minimum Gasteiger partial charge on any atom is -0.452 e. The number of carbonyl (C=O) groups is 3. The molecule has 2 heterocycles. The SMILES string of the molecule is CNC(=O)CNC(=O)COC(=O)c1cc(C(C)C)nc2c1cnn2C(C)C. The van der Waals surface area contributed by atoms with Crippen LogP contribution in [0.3, 0.4) is 0 Å². The van der Waals surface area contributed by atoms with Crippen LogP contribution in [0.1, 0.15) is 55.7 Å². The number of nitrogens with one attached hydrogen (secondary N) is 2. The van der Waals surface area contributed by atoms with Crippen LogP contribution in [-0.2, 0) is 14.3 Å². The summed E-state index contributed by atoms with van der Waals surface area (Å²) in [6.45, 7) is 7.26. The predicted octanol–water partition coefficient (Wildman–Crippen LogP) is 1.15. The highest BCUT2D eigenvalue weighted by atomic mass is 16.5. The molecule has 0 spiro atoms. The van der Waals surface area contributed by atoms with Gasteiger partial charge in [-0.05, 0) is 25.8 Å². The van der Waals surface area contributed by atoms with E-state index in [0.717, 1.165) is 5.69 Å². The summed E-state index contributed by atoms with van der Waals surface area (Å²) in [4.78, 5) is 40.1. The van der Waals surface area contributed by atoms with E-state index in [1.165, 1.54) is 7.05 Å². The molecule has 27 heavy (non-hydrogen) atoms. The Hall–Kier alpha value is -2.97. The highest BCUT2D eigenvalue weighted by Crippen LogP contribution is 2.24. The van der Waals surface area contributed by atoms with Gasteiger partial charge in [0, 0.05) is 18.8 Å². The number of hydrogen-bond donors (Lipinski definition) is 2. The zero-order valence-electron chi connectivity index (χ0n) is 16.2. The van der Waals surface area contributed by atoms with Crippen molar-refractivity contribution in [3.05, 3.63) is 23.5 Å². The molecular formula is C18H25N5O4. The van der Waals surface area contributed by atoms with Gasteiger partial charge in [-0.25, -0.2) is 14.5 Å². The molecule has 2 rings (SSSR count). The molecular weight excluding hydrogens is 350 g/mol. The fourth-order valence-electron chi connectivity index (χ4n) is 2.41. The third-order valence-electron chi connectivity index (χ3n) is 3.95. The smallest absolute Gasteiger partial charge is 0.339 e. The predicted molar refractivity (Wildman–Crippen MR) is 99.4 cm³/mol. The van der Waals surface area contributed by atoms with Crippen LogP contribution >= 0.6 is 0 Å². The normalized spacial score (nSPS) is 11.1. The molecule has 0 aliphatic heterocycles. The van der Waals surface area contributed by atoms with Crippen molar-refractivity contribution in [2.75, 3.05) is 20.2 Å². The van der Waals surface area contributed by atoms with Gasteiger partial charge in [-0.3, -0.25) is 9.59 Å². The Morgan fingerprint density at radius 2 is 1.89 bits per heavy atom. The van der Waals surface area contributed by atoms with E-state index in [1.807, 2.05) is 27.7 Å². The average Bonchev–Trinajstić information content (AvgIpc) is 3.07. The largest absolute Gasteiger partial charge is 0.452 e. The van der Waals surface area contributed by atoms with Crippen LogP contribution in [0.4, 0.5) is 0 Å². The van der Waals surface area contributed by atoms with Crippen molar-refractivity contribution in [2.45, 2.75) is 39.7 Å². The van der Waals surface area contributed by atoms with Gasteiger partial charge in [0.2, 0.25) is 5.91 Å². The number of fused-ring (bicyclic) bond motifs is 1. The van der Waals surface area contributed by atoms with E-state index in [0.29, 0.717) is 16.6 Å². The summed E-state index contributed by atoms with van der Waals surface area (Å²) in [7, 11) is 1.47. The summed E-state index contributed by atoms with van der Waals surface area (Å²) in [5.41, 5.74) is 1.66. The first kappa shape index (κ1) is 20.3. The van der Waals surface area contributed by atoms with Crippen LogP contribution in [0, 0.1) is 0 Å². The lowest BCUT2D eigenvalue weighted by Crippen LogP contribution is -2.37. The molecule has 0 aromatic carbocycles. The van der Waals surface area contributed by atoms with Crippen LogP contribution in [0.25, 0.3) is 11.0 Å². The zero-order chi connectivity index (χ0) is 20.1. The van der Waals surface area contributed by atoms with Gasteiger partial charge in [0.15, 0.2) is 12.3 Å². The first-order valence-corrected chi connectivity index (χ1v) is 8.77. The molecule has 0 radical (unpaired) electrons. The number of amides is 2. The van der Waals surface area contributed by atoms with Crippen molar-refractivity contribution in [1.29, 1.82) is 0 Å². The Bertz CT molecular complexity index is 857. The number of hydrogen-bond acceptors (Lipinski definition) is 6. The van der Waals surface area contributed by atoms with Crippen LogP contribution < -0.4 is 10.6 Å². The lowest BCUT2D eigenvalue weighted by molar-refractivity contribution is -0.127. The number of likely N-dealkylation sites (N-methyl/N-ethyl adjacent to an activating group) is 1. The van der Waals surface area contributed by atoms with Gasteiger partial charge in [-0.2, -0.15) is 5.10 Å². The van der Waals surface area contributed by atoms with E-state index in [2.05, 4.69) is 20.7 Å². The quantitative estimate of drug-likeness (QED) is 0.702. The second-order valence-electron chi connectivity index (χ2n) is 6.70. The van der Waals surface area contributed by atoms with E-state index in [4.69, 9.17) is 4.74 Å². The highest BCUT2D eigenvalue weighted by molar-refractivity contribution is 6.03. The van der Waals surface area contributed by atoms with Crippen LogP contribution in [0.5, 0.6) is 0 Å². The van der Waals surface area contributed by atoms with Gasteiger partial charge in [0.05, 0.1) is 23.7 Å². The van der Waals surface area contributed by atoms with Gasteiger partial charge >= 0.3 is 5.97 Å². The minimum atomic E-state index is -0.636. The summed E-state index contributed by atoms with van der Waals surface area (Å²) in [5, 5.41) is 9.64. The number of nitrogens with zero attached hydrogens (tertiary/aromatic N) is 3. The molecule has 0 aliphatic carbocycles. The van der Waals surface area contributed by atoms with Crippen LogP contribution in [-0.4, -0.2) is 52.7 Å². The topological polar surface area (TPSA) is 115 Å². The molecule has 0 saturated heterocycles. The Balaban J connectivity index is 2.22. The number of esters is 1. The maximum absolute atomic E-state index is 12.6. The summed E-state index contributed by atoms with van der Waals surface area (Å²) < 4.78 is 6.87. The molecule has 0 atom stereocenters. The number of ether oxygens (including phenoxy) is 1. The lowest BCUT2D eigenvalue weighted by atomic mass is 10.1. The molecule has 0 aliphatic rings. The number of rotatable bonds is 7. The van der Waals surface area contributed by atoms with E-state index in [9.17, 15) is 14.4 Å². The van der Waals surface area contributed by atoms with Crippen molar-refractivity contribution in [2.24, 2.45) is 0 Å². The van der Waals surface area contributed by atoms with Gasteiger partial charge < -0.3 is 15.4 Å². The summed E-state index contributed by atoms with van der Waals surface area (Å²) in [5.74, 6) is -1.43. The summed E-state index contributed by atoms with van der Waals surface area (Å²) in [6, 6.07) is 1.75. The van der Waals surface area contributed by atoms with Gasteiger partial charge in [0.25, 0.3) is 5.91 Å². The second kappa shape index (κ2) is 8.61. The first-order valence-electron chi connectivity index (χ1n) is 8.77. The Morgan fingerprint density at radius 1 is 1.19 bits per heavy atom. The maximum Gasteiger partial charge on any atom is 0.339 e. The zero-order valence-corrected chi connectivity index (χ0v) is 16.2. The Kier molecular flexibility index (Phi) is 6.49. The molecule has 2 amide bonds. The van der Waals surface area contributed by atoms with Crippen molar-refractivity contribution >= 4 is 28.8 Å². The number of carbonyl (C=O) groups excluding carboxylic acids is 3. The molecule has 9 nitrogen and oxygen atoms in total. The van der Waals surface area contributed by atoms with Crippen molar-refractivity contribution in [3.63, 3.8) is 0 Å². The van der Waals surface area contributed by atoms with E-state index in [1.54, 1.807) is 16.9 Å². The Labute approximate surface area is 157 Å². The minimum absolute atomic E-state index is 0.0803. The molecule has 0 fully saturated rings. The van der Waals surface area contributed by atoms with E-state index >= 15 is 0 Å². The fourth-order valence-corrected chi connectivity index (χ4v) is 2.41. The first-order chi connectivity index (χ1) is 12.7. The molecule has 9 heteroatoms. The molecule has 2 aromatic rings. The maximum atomic E-state index is 12.6. The molecule has 0 saturated carbocycles. The number of pyridine rings is 1. The summed E-state index contributed by atoms with van der Waals surface area (Å²) in [6.07, 6.45) is 1.58.